The first-order chi connectivity index (χ1) is 11.5. The van der Waals surface area contributed by atoms with Crippen molar-refractivity contribution in [3.8, 4) is 11.5 Å². The summed E-state index contributed by atoms with van der Waals surface area (Å²) >= 11 is 3.32. The number of rotatable bonds is 4. The van der Waals surface area contributed by atoms with Gasteiger partial charge in [0.1, 0.15) is 5.82 Å². The van der Waals surface area contributed by atoms with Crippen LogP contribution in [-0.2, 0) is 4.79 Å². The molecular formula is C18H15BrFNO3. The molecule has 0 fully saturated rings. The summed E-state index contributed by atoms with van der Waals surface area (Å²) in [6, 6.07) is 9.65. The van der Waals surface area contributed by atoms with Crippen molar-refractivity contribution >= 4 is 27.9 Å². The van der Waals surface area contributed by atoms with E-state index in [9.17, 15) is 9.18 Å². The summed E-state index contributed by atoms with van der Waals surface area (Å²) in [5, 5.41) is 2.86. The second-order valence-corrected chi connectivity index (χ2v) is 6.20. The highest BCUT2D eigenvalue weighted by Crippen LogP contribution is 2.34. The third-order valence-electron chi connectivity index (χ3n) is 3.63. The average molecular weight is 392 g/mol. The van der Waals surface area contributed by atoms with Gasteiger partial charge in [-0.05, 0) is 54.5 Å². The molecule has 1 amide bonds. The topological polar surface area (TPSA) is 47.6 Å². The SMILES string of the molecule is CC(NC(=O)/C=C/c1cc(F)ccc1Br)c1ccc2c(c1)OCO2. The van der Waals surface area contributed by atoms with Crippen molar-refractivity contribution in [2.75, 3.05) is 6.79 Å². The molecule has 2 aromatic carbocycles. The van der Waals surface area contributed by atoms with Crippen LogP contribution in [0.2, 0.25) is 0 Å². The lowest BCUT2D eigenvalue weighted by atomic mass is 10.1. The maximum absolute atomic E-state index is 13.2. The molecule has 0 bridgehead atoms. The van der Waals surface area contributed by atoms with Crippen LogP contribution in [0.1, 0.15) is 24.1 Å². The summed E-state index contributed by atoms with van der Waals surface area (Å²) in [6.07, 6.45) is 2.94. The first-order valence-electron chi connectivity index (χ1n) is 7.36. The standard InChI is InChI=1S/C18H15BrFNO3/c1-11(12-2-6-16-17(9-12)24-10-23-16)21-18(22)7-3-13-8-14(20)4-5-15(13)19/h2-9,11H,10H2,1H3,(H,21,22)/b7-3+. The summed E-state index contributed by atoms with van der Waals surface area (Å²) in [6.45, 7) is 2.09. The van der Waals surface area contributed by atoms with Crippen LogP contribution in [0.5, 0.6) is 11.5 Å². The fourth-order valence-corrected chi connectivity index (χ4v) is 2.71. The minimum Gasteiger partial charge on any atom is -0.454 e. The smallest absolute Gasteiger partial charge is 0.244 e. The van der Waals surface area contributed by atoms with Crippen LogP contribution in [0.25, 0.3) is 6.08 Å². The fraction of sp³-hybridized carbons (Fsp3) is 0.167. The number of carbonyl (C=O) groups excluding carboxylic acids is 1. The Balaban J connectivity index is 1.66. The molecule has 0 aromatic heterocycles. The highest BCUT2D eigenvalue weighted by atomic mass is 79.9. The number of hydrogen-bond donors (Lipinski definition) is 1. The Morgan fingerprint density at radius 3 is 2.88 bits per heavy atom. The number of carbonyl (C=O) groups is 1. The molecule has 124 valence electrons. The lowest BCUT2D eigenvalue weighted by molar-refractivity contribution is -0.117. The Kier molecular flexibility index (Phi) is 4.85. The maximum Gasteiger partial charge on any atom is 0.244 e. The largest absolute Gasteiger partial charge is 0.454 e. The number of fused-ring (bicyclic) bond motifs is 1. The van der Waals surface area contributed by atoms with Gasteiger partial charge >= 0.3 is 0 Å². The summed E-state index contributed by atoms with van der Waals surface area (Å²) in [7, 11) is 0. The summed E-state index contributed by atoms with van der Waals surface area (Å²) in [5.74, 6) is 0.754. The maximum atomic E-state index is 13.2. The number of amides is 1. The zero-order valence-electron chi connectivity index (χ0n) is 12.9. The van der Waals surface area contributed by atoms with Crippen LogP contribution >= 0.6 is 15.9 Å². The predicted molar refractivity (Wildman–Crippen MR) is 92.3 cm³/mol. The zero-order valence-corrected chi connectivity index (χ0v) is 14.5. The number of nitrogens with one attached hydrogen (secondary N) is 1. The average Bonchev–Trinajstić information content (AvgIpc) is 3.03. The Hall–Kier alpha value is -2.34. The van der Waals surface area contributed by atoms with Crippen molar-refractivity contribution in [3.05, 3.63) is 63.9 Å². The number of ether oxygens (including phenoxy) is 2. The van der Waals surface area contributed by atoms with Crippen LogP contribution < -0.4 is 14.8 Å². The van der Waals surface area contributed by atoms with Gasteiger partial charge in [0.15, 0.2) is 11.5 Å². The molecule has 1 N–H and O–H groups in total. The number of benzene rings is 2. The minimum atomic E-state index is -0.355. The fourth-order valence-electron chi connectivity index (χ4n) is 2.34. The molecule has 0 saturated heterocycles. The quantitative estimate of drug-likeness (QED) is 0.794. The third-order valence-corrected chi connectivity index (χ3v) is 4.35. The van der Waals surface area contributed by atoms with Gasteiger partial charge in [-0.15, -0.1) is 0 Å². The Morgan fingerprint density at radius 1 is 1.25 bits per heavy atom. The highest BCUT2D eigenvalue weighted by molar-refractivity contribution is 9.10. The molecule has 3 rings (SSSR count). The van der Waals surface area contributed by atoms with Gasteiger partial charge < -0.3 is 14.8 Å². The van der Waals surface area contributed by atoms with Crippen molar-refractivity contribution in [1.82, 2.24) is 5.32 Å². The predicted octanol–water partition coefficient (Wildman–Crippen LogP) is 4.21. The molecule has 1 heterocycles. The molecule has 1 atom stereocenters. The Labute approximate surface area is 147 Å². The number of hydrogen-bond acceptors (Lipinski definition) is 3. The van der Waals surface area contributed by atoms with E-state index in [1.165, 1.54) is 18.2 Å². The van der Waals surface area contributed by atoms with Crippen molar-refractivity contribution in [3.63, 3.8) is 0 Å². The van der Waals surface area contributed by atoms with Crippen LogP contribution in [0.3, 0.4) is 0 Å². The van der Waals surface area contributed by atoms with Crippen LogP contribution in [0.4, 0.5) is 4.39 Å². The van der Waals surface area contributed by atoms with E-state index >= 15 is 0 Å². The van der Waals surface area contributed by atoms with Crippen molar-refractivity contribution in [2.45, 2.75) is 13.0 Å². The molecule has 6 heteroatoms. The van der Waals surface area contributed by atoms with Crippen LogP contribution in [0.15, 0.2) is 46.9 Å². The molecule has 0 radical (unpaired) electrons. The minimum absolute atomic E-state index is 0.201. The van der Waals surface area contributed by atoms with E-state index in [0.29, 0.717) is 17.1 Å². The van der Waals surface area contributed by atoms with E-state index in [2.05, 4.69) is 21.2 Å². The van der Waals surface area contributed by atoms with Gasteiger partial charge in [-0.1, -0.05) is 22.0 Å². The van der Waals surface area contributed by atoms with Crippen molar-refractivity contribution in [1.29, 1.82) is 0 Å². The van der Waals surface area contributed by atoms with E-state index in [-0.39, 0.29) is 24.6 Å². The molecule has 2 aromatic rings. The van der Waals surface area contributed by atoms with Crippen LogP contribution in [0, 0.1) is 5.82 Å². The lowest BCUT2D eigenvalue weighted by Crippen LogP contribution is -2.24. The summed E-state index contributed by atoms with van der Waals surface area (Å²) in [5.41, 5.74) is 1.51. The molecule has 0 aliphatic carbocycles. The second kappa shape index (κ2) is 7.05. The lowest BCUT2D eigenvalue weighted by Gasteiger charge is -2.13. The van der Waals surface area contributed by atoms with E-state index in [1.807, 2.05) is 25.1 Å². The molecule has 1 unspecified atom stereocenters. The molecule has 24 heavy (non-hydrogen) atoms. The summed E-state index contributed by atoms with van der Waals surface area (Å²) in [4.78, 5) is 12.1. The molecule has 4 nitrogen and oxygen atoms in total. The first kappa shape index (κ1) is 16.5. The monoisotopic (exact) mass is 391 g/mol. The zero-order chi connectivity index (χ0) is 17.1. The van der Waals surface area contributed by atoms with E-state index < -0.39 is 0 Å². The number of halogens is 2. The molecular weight excluding hydrogens is 377 g/mol. The highest BCUT2D eigenvalue weighted by Gasteiger charge is 2.16. The Bertz CT molecular complexity index is 807. The molecule has 0 spiro atoms. The van der Waals surface area contributed by atoms with E-state index in [4.69, 9.17) is 9.47 Å². The summed E-state index contributed by atoms with van der Waals surface area (Å²) < 4.78 is 24.6. The Morgan fingerprint density at radius 2 is 2.04 bits per heavy atom. The van der Waals surface area contributed by atoms with Gasteiger partial charge in [0.25, 0.3) is 0 Å². The van der Waals surface area contributed by atoms with Gasteiger partial charge in [-0.25, -0.2) is 4.39 Å². The van der Waals surface area contributed by atoms with Gasteiger partial charge in [0.05, 0.1) is 6.04 Å². The van der Waals surface area contributed by atoms with Crippen molar-refractivity contribution in [2.24, 2.45) is 0 Å². The van der Waals surface area contributed by atoms with Crippen LogP contribution in [-0.4, -0.2) is 12.7 Å². The second-order valence-electron chi connectivity index (χ2n) is 5.34. The van der Waals surface area contributed by atoms with Gasteiger partial charge in [-0.2, -0.15) is 0 Å². The van der Waals surface area contributed by atoms with E-state index in [1.54, 1.807) is 12.1 Å². The molecule has 1 aliphatic rings. The normalized spacial score (nSPS) is 14.0. The van der Waals surface area contributed by atoms with E-state index in [0.717, 1.165) is 10.0 Å². The van der Waals surface area contributed by atoms with Crippen molar-refractivity contribution < 1.29 is 18.7 Å². The first-order valence-corrected chi connectivity index (χ1v) is 8.15. The van der Waals surface area contributed by atoms with Gasteiger partial charge in [0, 0.05) is 10.5 Å². The van der Waals surface area contributed by atoms with Gasteiger partial charge in [-0.3, -0.25) is 4.79 Å². The molecule has 1 aliphatic heterocycles. The third kappa shape index (κ3) is 3.76. The van der Waals surface area contributed by atoms with Gasteiger partial charge in [0.2, 0.25) is 12.7 Å². The molecule has 0 saturated carbocycles.